The number of aromatic nitrogens is 2. The monoisotopic (exact) mass is 327 g/mol. The second-order valence-corrected chi connectivity index (χ2v) is 7.38. The first-order valence-electron chi connectivity index (χ1n) is 6.95. The Kier molecular flexibility index (Phi) is 3.69. The van der Waals surface area contributed by atoms with Gasteiger partial charge in [-0.3, -0.25) is 0 Å². The maximum atomic E-state index is 12.0. The third-order valence-corrected chi connectivity index (χ3v) is 5.20. The molecule has 1 aliphatic heterocycles. The van der Waals surface area contributed by atoms with Gasteiger partial charge in [0.1, 0.15) is 5.76 Å². The van der Waals surface area contributed by atoms with Gasteiger partial charge in [0.25, 0.3) is 5.89 Å². The van der Waals surface area contributed by atoms with E-state index in [1.54, 1.807) is 13.0 Å². The van der Waals surface area contributed by atoms with Crippen LogP contribution in [0.1, 0.15) is 24.6 Å². The lowest BCUT2D eigenvalue weighted by molar-refractivity contribution is 0.253. The van der Waals surface area contributed by atoms with E-state index in [2.05, 4.69) is 5.10 Å². The van der Waals surface area contributed by atoms with Gasteiger partial charge in [0.05, 0.1) is 24.1 Å². The molecule has 8 nitrogen and oxygen atoms in total. The Bertz CT molecular complexity index is 824. The first kappa shape index (κ1) is 15.0. The van der Waals surface area contributed by atoms with Crippen molar-refractivity contribution in [1.82, 2.24) is 14.1 Å². The Labute approximate surface area is 127 Å². The van der Waals surface area contributed by atoms with Crippen LogP contribution < -0.4 is 5.76 Å². The molecular formula is C13H17N3O5S. The SMILES string of the molecule is Cc1occc1-c1nn(C2CCN(S(C)(=O)=O)CC2)c(=O)o1. The molecule has 1 aliphatic rings. The summed E-state index contributed by atoms with van der Waals surface area (Å²) in [6, 6.07) is 1.53. The van der Waals surface area contributed by atoms with Crippen LogP contribution in [0.15, 0.2) is 26.0 Å². The Balaban J connectivity index is 1.81. The lowest BCUT2D eigenvalue weighted by Crippen LogP contribution is -2.40. The number of hydrogen-bond donors (Lipinski definition) is 0. The molecule has 0 atom stereocenters. The summed E-state index contributed by atoms with van der Waals surface area (Å²) in [6.45, 7) is 2.52. The Morgan fingerprint density at radius 3 is 2.55 bits per heavy atom. The third-order valence-electron chi connectivity index (χ3n) is 3.90. The number of sulfonamides is 1. The molecule has 0 N–H and O–H groups in total. The molecule has 1 saturated heterocycles. The maximum absolute atomic E-state index is 12.0. The summed E-state index contributed by atoms with van der Waals surface area (Å²) in [5.41, 5.74) is 0.643. The standard InChI is InChI=1S/C13H17N3O5S/c1-9-11(5-8-20-9)12-14-16(13(17)21-12)10-3-6-15(7-4-10)22(2,18)19/h5,8,10H,3-4,6-7H2,1-2H3. The van der Waals surface area contributed by atoms with E-state index in [1.165, 1.54) is 21.5 Å². The van der Waals surface area contributed by atoms with Gasteiger partial charge in [0, 0.05) is 13.1 Å². The fourth-order valence-electron chi connectivity index (χ4n) is 2.65. The number of nitrogens with zero attached hydrogens (tertiary/aromatic N) is 3. The van der Waals surface area contributed by atoms with Crippen LogP contribution in [0.2, 0.25) is 0 Å². The summed E-state index contributed by atoms with van der Waals surface area (Å²) in [5, 5.41) is 4.23. The molecule has 3 rings (SSSR count). The number of furan rings is 1. The highest BCUT2D eigenvalue weighted by Gasteiger charge is 2.28. The van der Waals surface area contributed by atoms with E-state index in [0.717, 1.165) is 0 Å². The van der Waals surface area contributed by atoms with E-state index in [-0.39, 0.29) is 11.9 Å². The molecule has 0 amide bonds. The van der Waals surface area contributed by atoms with Gasteiger partial charge in [0.2, 0.25) is 10.0 Å². The molecule has 0 aliphatic carbocycles. The highest BCUT2D eigenvalue weighted by atomic mass is 32.2. The lowest BCUT2D eigenvalue weighted by atomic mass is 10.1. The molecule has 9 heteroatoms. The summed E-state index contributed by atoms with van der Waals surface area (Å²) >= 11 is 0. The molecule has 22 heavy (non-hydrogen) atoms. The van der Waals surface area contributed by atoms with Crippen LogP contribution in [0.4, 0.5) is 0 Å². The normalized spacial score (nSPS) is 17.9. The largest absolute Gasteiger partial charge is 0.469 e. The average molecular weight is 327 g/mol. The van der Waals surface area contributed by atoms with E-state index in [9.17, 15) is 13.2 Å². The zero-order valence-corrected chi connectivity index (χ0v) is 13.2. The van der Waals surface area contributed by atoms with Crippen LogP contribution >= 0.6 is 0 Å². The van der Waals surface area contributed by atoms with E-state index in [0.29, 0.717) is 37.3 Å². The molecule has 3 heterocycles. The van der Waals surface area contributed by atoms with E-state index >= 15 is 0 Å². The fraction of sp³-hybridized carbons (Fsp3) is 0.538. The predicted molar refractivity (Wildman–Crippen MR) is 77.9 cm³/mol. The van der Waals surface area contributed by atoms with Crippen LogP contribution in [0.25, 0.3) is 11.5 Å². The molecule has 0 bridgehead atoms. The highest BCUT2D eigenvalue weighted by Crippen LogP contribution is 2.25. The second kappa shape index (κ2) is 5.40. The van der Waals surface area contributed by atoms with Crippen LogP contribution in [0, 0.1) is 6.92 Å². The fourth-order valence-corrected chi connectivity index (χ4v) is 3.53. The summed E-state index contributed by atoms with van der Waals surface area (Å²) < 4.78 is 36.1. The van der Waals surface area contributed by atoms with E-state index in [4.69, 9.17) is 8.83 Å². The van der Waals surface area contributed by atoms with Crippen molar-refractivity contribution in [3.05, 3.63) is 28.6 Å². The minimum absolute atomic E-state index is 0.157. The summed E-state index contributed by atoms with van der Waals surface area (Å²) in [7, 11) is -3.19. The second-order valence-electron chi connectivity index (χ2n) is 5.40. The third kappa shape index (κ3) is 2.73. The highest BCUT2D eigenvalue weighted by molar-refractivity contribution is 7.88. The molecule has 0 unspecified atom stereocenters. The molecular weight excluding hydrogens is 310 g/mol. The summed E-state index contributed by atoms with van der Waals surface area (Å²) in [6.07, 6.45) is 3.76. The molecule has 1 fully saturated rings. The zero-order valence-electron chi connectivity index (χ0n) is 12.4. The van der Waals surface area contributed by atoms with Crippen LogP contribution in [0.3, 0.4) is 0 Å². The first-order valence-corrected chi connectivity index (χ1v) is 8.80. The van der Waals surface area contributed by atoms with Crippen molar-refractivity contribution < 1.29 is 17.3 Å². The van der Waals surface area contributed by atoms with Crippen molar-refractivity contribution >= 4 is 10.0 Å². The number of piperidine rings is 1. The van der Waals surface area contributed by atoms with Crippen molar-refractivity contribution in [2.45, 2.75) is 25.8 Å². The quantitative estimate of drug-likeness (QED) is 0.834. The van der Waals surface area contributed by atoms with E-state index in [1.807, 2.05) is 0 Å². The van der Waals surface area contributed by atoms with Gasteiger partial charge in [-0.15, -0.1) is 5.10 Å². The van der Waals surface area contributed by atoms with E-state index < -0.39 is 15.8 Å². The van der Waals surface area contributed by atoms with Gasteiger partial charge in [-0.25, -0.2) is 17.5 Å². The van der Waals surface area contributed by atoms with Gasteiger partial charge in [-0.2, -0.15) is 4.68 Å². The minimum atomic E-state index is -3.19. The van der Waals surface area contributed by atoms with Gasteiger partial charge in [0.15, 0.2) is 0 Å². The van der Waals surface area contributed by atoms with Crippen LogP contribution in [-0.4, -0.2) is 41.8 Å². The molecule has 2 aromatic rings. The summed E-state index contributed by atoms with van der Waals surface area (Å²) in [4.78, 5) is 12.0. The van der Waals surface area contributed by atoms with Crippen molar-refractivity contribution in [3.63, 3.8) is 0 Å². The molecule has 0 saturated carbocycles. The minimum Gasteiger partial charge on any atom is -0.469 e. The van der Waals surface area contributed by atoms with Crippen molar-refractivity contribution in [2.24, 2.45) is 0 Å². The van der Waals surface area contributed by atoms with Gasteiger partial charge in [-0.05, 0) is 25.8 Å². The molecule has 120 valence electrons. The predicted octanol–water partition coefficient (Wildman–Crippen LogP) is 1.00. The molecule has 0 radical (unpaired) electrons. The Morgan fingerprint density at radius 1 is 1.32 bits per heavy atom. The van der Waals surface area contributed by atoms with Crippen LogP contribution in [0.5, 0.6) is 0 Å². The van der Waals surface area contributed by atoms with Crippen LogP contribution in [-0.2, 0) is 10.0 Å². The summed E-state index contributed by atoms with van der Waals surface area (Å²) in [5.74, 6) is 0.315. The lowest BCUT2D eigenvalue weighted by Gasteiger charge is -2.29. The smallest absolute Gasteiger partial charge is 0.437 e. The van der Waals surface area contributed by atoms with Crippen molar-refractivity contribution in [1.29, 1.82) is 0 Å². The number of rotatable bonds is 3. The maximum Gasteiger partial charge on any atom is 0.437 e. The van der Waals surface area contributed by atoms with Crippen molar-refractivity contribution in [3.8, 4) is 11.5 Å². The van der Waals surface area contributed by atoms with Gasteiger partial charge < -0.3 is 8.83 Å². The Hall–Kier alpha value is -1.87. The number of hydrogen-bond acceptors (Lipinski definition) is 6. The molecule has 2 aromatic heterocycles. The van der Waals surface area contributed by atoms with Gasteiger partial charge >= 0.3 is 5.76 Å². The zero-order chi connectivity index (χ0) is 15.9. The molecule has 0 aromatic carbocycles. The Morgan fingerprint density at radius 2 is 2.00 bits per heavy atom. The first-order chi connectivity index (χ1) is 10.4. The van der Waals surface area contributed by atoms with Crippen molar-refractivity contribution in [2.75, 3.05) is 19.3 Å². The number of aryl methyl sites for hydroxylation is 1. The average Bonchev–Trinajstić information content (AvgIpc) is 3.04. The topological polar surface area (TPSA) is 98.5 Å². The molecule has 0 spiro atoms. The van der Waals surface area contributed by atoms with Gasteiger partial charge in [-0.1, -0.05) is 0 Å².